The van der Waals surface area contributed by atoms with Crippen molar-refractivity contribution in [1.29, 1.82) is 0 Å². The number of carbonyl (C=O) groups is 2. The predicted molar refractivity (Wildman–Crippen MR) is 94.6 cm³/mol. The third-order valence-electron chi connectivity index (χ3n) is 4.44. The maximum absolute atomic E-state index is 12.9. The van der Waals surface area contributed by atoms with E-state index >= 15 is 0 Å². The van der Waals surface area contributed by atoms with Gasteiger partial charge in [-0.15, -0.1) is 0 Å². The van der Waals surface area contributed by atoms with Crippen molar-refractivity contribution >= 4 is 17.5 Å². The summed E-state index contributed by atoms with van der Waals surface area (Å²) in [5.74, 6) is -0.404. The minimum absolute atomic E-state index is 0.0733. The molecular weight excluding hydrogens is 300 g/mol. The normalized spacial score (nSPS) is 17.8. The molecule has 2 unspecified atom stereocenters. The number of nitrogens with one attached hydrogen (secondary N) is 2. The fraction of sp³-hybridized carbons (Fsp3) is 0.300. The number of benzene rings is 2. The van der Waals surface area contributed by atoms with Crippen molar-refractivity contribution in [3.05, 3.63) is 65.7 Å². The quantitative estimate of drug-likeness (QED) is 0.903. The maximum atomic E-state index is 12.9. The molecule has 1 aliphatic heterocycles. The molecule has 0 bridgehead atoms. The SMILES string of the molecule is CC(C)C(NC(=O)C1CC(=O)Nc2ccccc21)c1ccccc1. The minimum Gasteiger partial charge on any atom is -0.348 e. The first-order valence-corrected chi connectivity index (χ1v) is 8.30. The average Bonchev–Trinajstić information content (AvgIpc) is 2.59. The van der Waals surface area contributed by atoms with Gasteiger partial charge in [-0.3, -0.25) is 9.59 Å². The molecule has 0 spiro atoms. The standard InChI is InChI=1S/C20H22N2O2/c1-13(2)19(14-8-4-3-5-9-14)22-20(24)16-12-18(23)21-17-11-7-6-10-15(16)17/h3-11,13,16,19H,12H2,1-2H3,(H,21,23)(H,22,24). The molecular formula is C20H22N2O2. The number of para-hydroxylation sites is 1. The lowest BCUT2D eigenvalue weighted by Crippen LogP contribution is -2.38. The molecule has 0 aromatic heterocycles. The van der Waals surface area contributed by atoms with Gasteiger partial charge < -0.3 is 10.6 Å². The van der Waals surface area contributed by atoms with Crippen LogP contribution in [0.15, 0.2) is 54.6 Å². The zero-order valence-electron chi connectivity index (χ0n) is 14.0. The van der Waals surface area contributed by atoms with Crippen molar-refractivity contribution in [3.8, 4) is 0 Å². The van der Waals surface area contributed by atoms with E-state index in [0.29, 0.717) is 0 Å². The van der Waals surface area contributed by atoms with Gasteiger partial charge in [-0.2, -0.15) is 0 Å². The van der Waals surface area contributed by atoms with Crippen LogP contribution >= 0.6 is 0 Å². The number of carbonyl (C=O) groups excluding carboxylic acids is 2. The van der Waals surface area contributed by atoms with Crippen LogP contribution in [0.3, 0.4) is 0 Å². The summed E-state index contributed by atoms with van der Waals surface area (Å²) in [6.45, 7) is 4.17. The number of hydrogen-bond donors (Lipinski definition) is 2. The molecule has 0 saturated heterocycles. The summed E-state index contributed by atoms with van der Waals surface area (Å²) in [6.07, 6.45) is 0.183. The van der Waals surface area contributed by atoms with Crippen LogP contribution in [-0.4, -0.2) is 11.8 Å². The highest BCUT2D eigenvalue weighted by molar-refractivity contribution is 6.01. The van der Waals surface area contributed by atoms with Gasteiger partial charge >= 0.3 is 0 Å². The Morgan fingerprint density at radius 1 is 1.08 bits per heavy atom. The fourth-order valence-corrected chi connectivity index (χ4v) is 3.19. The van der Waals surface area contributed by atoms with Gasteiger partial charge in [0.05, 0.1) is 12.0 Å². The van der Waals surface area contributed by atoms with Crippen LogP contribution in [0.25, 0.3) is 0 Å². The second-order valence-electron chi connectivity index (χ2n) is 6.53. The Hall–Kier alpha value is -2.62. The van der Waals surface area contributed by atoms with Crippen molar-refractivity contribution in [1.82, 2.24) is 5.32 Å². The van der Waals surface area contributed by atoms with Gasteiger partial charge in [-0.25, -0.2) is 0 Å². The highest BCUT2D eigenvalue weighted by Gasteiger charge is 2.32. The van der Waals surface area contributed by atoms with Crippen molar-refractivity contribution in [2.75, 3.05) is 5.32 Å². The second-order valence-corrected chi connectivity index (χ2v) is 6.53. The van der Waals surface area contributed by atoms with Gasteiger partial charge in [0.2, 0.25) is 11.8 Å². The first-order chi connectivity index (χ1) is 11.6. The third kappa shape index (κ3) is 3.32. The van der Waals surface area contributed by atoms with E-state index < -0.39 is 5.92 Å². The molecule has 4 heteroatoms. The Kier molecular flexibility index (Phi) is 4.65. The lowest BCUT2D eigenvalue weighted by atomic mass is 9.88. The number of hydrogen-bond acceptors (Lipinski definition) is 2. The van der Waals surface area contributed by atoms with Crippen LogP contribution < -0.4 is 10.6 Å². The van der Waals surface area contributed by atoms with Crippen molar-refractivity contribution < 1.29 is 9.59 Å². The predicted octanol–water partition coefficient (Wildman–Crippen LogP) is 3.63. The summed E-state index contributed by atoms with van der Waals surface area (Å²) in [5, 5.41) is 5.98. The van der Waals surface area contributed by atoms with Crippen LogP contribution in [0.1, 0.15) is 43.4 Å². The van der Waals surface area contributed by atoms with Crippen molar-refractivity contribution in [2.45, 2.75) is 32.2 Å². The van der Waals surface area contributed by atoms with Crippen molar-refractivity contribution in [3.63, 3.8) is 0 Å². The summed E-state index contributed by atoms with van der Waals surface area (Å²) in [4.78, 5) is 24.8. The largest absolute Gasteiger partial charge is 0.348 e. The van der Waals surface area contributed by atoms with Gasteiger partial charge in [0.25, 0.3) is 0 Å². The first-order valence-electron chi connectivity index (χ1n) is 8.30. The van der Waals surface area contributed by atoms with Gasteiger partial charge in [-0.05, 0) is 23.1 Å². The minimum atomic E-state index is -0.445. The van der Waals surface area contributed by atoms with E-state index in [0.717, 1.165) is 16.8 Å². The highest BCUT2D eigenvalue weighted by Crippen LogP contribution is 2.33. The van der Waals surface area contributed by atoms with E-state index in [-0.39, 0.29) is 30.2 Å². The number of fused-ring (bicyclic) bond motifs is 1. The van der Waals surface area contributed by atoms with Crippen LogP contribution in [0.5, 0.6) is 0 Å². The van der Waals surface area contributed by atoms with Crippen molar-refractivity contribution in [2.24, 2.45) is 5.92 Å². The van der Waals surface area contributed by atoms with E-state index in [1.807, 2.05) is 54.6 Å². The second kappa shape index (κ2) is 6.87. The molecule has 1 heterocycles. The Morgan fingerprint density at radius 2 is 1.75 bits per heavy atom. The van der Waals surface area contributed by atoms with Crippen LogP contribution in [0.2, 0.25) is 0 Å². The summed E-state index contributed by atoms with van der Waals surface area (Å²) in [5.41, 5.74) is 2.69. The molecule has 1 aliphatic rings. The van der Waals surface area contributed by atoms with Gasteiger partial charge in [0, 0.05) is 12.1 Å². The highest BCUT2D eigenvalue weighted by atomic mass is 16.2. The molecule has 0 saturated carbocycles. The Bertz CT molecular complexity index is 740. The zero-order valence-corrected chi connectivity index (χ0v) is 14.0. The molecule has 0 aliphatic carbocycles. The molecule has 24 heavy (non-hydrogen) atoms. The molecule has 124 valence electrons. The summed E-state index contributed by atoms with van der Waals surface area (Å²) in [7, 11) is 0. The molecule has 2 aromatic carbocycles. The lowest BCUT2D eigenvalue weighted by molar-refractivity contribution is -0.127. The maximum Gasteiger partial charge on any atom is 0.228 e. The molecule has 0 radical (unpaired) electrons. The lowest BCUT2D eigenvalue weighted by Gasteiger charge is -2.29. The fourth-order valence-electron chi connectivity index (χ4n) is 3.19. The summed E-state index contributed by atoms with van der Waals surface area (Å²) < 4.78 is 0. The van der Waals surface area contributed by atoms with Gasteiger partial charge in [-0.1, -0.05) is 62.4 Å². The van der Waals surface area contributed by atoms with Crippen LogP contribution in [0.4, 0.5) is 5.69 Å². The first kappa shape index (κ1) is 16.2. The van der Waals surface area contributed by atoms with Gasteiger partial charge in [0.15, 0.2) is 0 Å². The monoisotopic (exact) mass is 322 g/mol. The Morgan fingerprint density at radius 3 is 2.46 bits per heavy atom. The van der Waals surface area contributed by atoms with E-state index in [4.69, 9.17) is 0 Å². The molecule has 2 aromatic rings. The molecule has 2 atom stereocenters. The molecule has 2 amide bonds. The van der Waals surface area contributed by atoms with Crippen LogP contribution in [0, 0.1) is 5.92 Å². The van der Waals surface area contributed by atoms with E-state index in [2.05, 4.69) is 24.5 Å². The molecule has 3 rings (SSSR count). The topological polar surface area (TPSA) is 58.2 Å². The van der Waals surface area contributed by atoms with E-state index in [9.17, 15) is 9.59 Å². The Labute approximate surface area is 142 Å². The van der Waals surface area contributed by atoms with E-state index in [1.54, 1.807) is 0 Å². The molecule has 2 N–H and O–H groups in total. The average molecular weight is 322 g/mol. The summed E-state index contributed by atoms with van der Waals surface area (Å²) >= 11 is 0. The molecule has 4 nitrogen and oxygen atoms in total. The number of rotatable bonds is 4. The Balaban J connectivity index is 1.85. The summed E-state index contributed by atoms with van der Waals surface area (Å²) in [6, 6.07) is 17.4. The van der Waals surface area contributed by atoms with Gasteiger partial charge in [0.1, 0.15) is 0 Å². The molecule has 0 fully saturated rings. The smallest absolute Gasteiger partial charge is 0.228 e. The number of amides is 2. The number of anilines is 1. The third-order valence-corrected chi connectivity index (χ3v) is 4.44. The van der Waals surface area contributed by atoms with Crippen LogP contribution in [-0.2, 0) is 9.59 Å². The van der Waals surface area contributed by atoms with E-state index in [1.165, 1.54) is 0 Å². The zero-order chi connectivity index (χ0) is 17.1.